The molecule has 32 heavy (non-hydrogen) atoms. The van der Waals surface area contributed by atoms with Crippen LogP contribution in [-0.2, 0) is 9.59 Å². The molecule has 1 aliphatic heterocycles. The third-order valence-corrected chi connectivity index (χ3v) is 5.35. The Bertz CT molecular complexity index is 1210. The quantitative estimate of drug-likeness (QED) is 0.338. The van der Waals surface area contributed by atoms with Crippen LogP contribution in [0.2, 0.25) is 5.02 Å². The third-order valence-electron chi connectivity index (χ3n) is 5.06. The van der Waals surface area contributed by atoms with Crippen LogP contribution in [0, 0.1) is 5.82 Å². The molecule has 8 heteroatoms. The molecule has 1 aromatic heterocycles. The lowest BCUT2D eigenvalue weighted by atomic mass is 9.96. The Morgan fingerprint density at radius 1 is 1.19 bits per heavy atom. The number of ketones is 1. The number of carbonyl (C=O) groups is 2. The molecule has 0 bridgehead atoms. The van der Waals surface area contributed by atoms with Crippen molar-refractivity contribution in [3.05, 3.63) is 94.5 Å². The molecule has 2 aromatic carbocycles. The van der Waals surface area contributed by atoms with E-state index in [1.54, 1.807) is 42.6 Å². The normalized spacial score (nSPS) is 17.6. The van der Waals surface area contributed by atoms with Crippen LogP contribution in [0.3, 0.4) is 0 Å². The standard InChI is InChI=1S/C24H18ClFN2O4/c1-2-32-17-8-5-14(6-9-17)22(29)20-21(15-4-3-11-27-13-15)28(24(31)23(20)30)16-7-10-19(26)18(25)12-16/h3-13,21,29H,2H2,1H3/b22-20+. The maximum Gasteiger partial charge on any atom is 0.300 e. The summed E-state index contributed by atoms with van der Waals surface area (Å²) in [7, 11) is 0. The molecule has 1 aliphatic rings. The fourth-order valence-electron chi connectivity index (χ4n) is 3.62. The van der Waals surface area contributed by atoms with E-state index in [0.717, 1.165) is 6.07 Å². The number of aliphatic hydroxyl groups excluding tert-OH is 1. The zero-order valence-electron chi connectivity index (χ0n) is 17.0. The number of amides is 1. The minimum Gasteiger partial charge on any atom is -0.507 e. The second kappa shape index (κ2) is 8.80. The lowest BCUT2D eigenvalue weighted by molar-refractivity contribution is -0.132. The maximum atomic E-state index is 13.7. The van der Waals surface area contributed by atoms with Crippen molar-refractivity contribution in [3.63, 3.8) is 0 Å². The second-order valence-electron chi connectivity index (χ2n) is 7.01. The fourth-order valence-corrected chi connectivity index (χ4v) is 3.79. The summed E-state index contributed by atoms with van der Waals surface area (Å²) in [5, 5.41) is 10.9. The molecule has 1 N–H and O–H groups in total. The van der Waals surface area contributed by atoms with Gasteiger partial charge in [0.1, 0.15) is 17.3 Å². The van der Waals surface area contributed by atoms with Gasteiger partial charge in [-0.15, -0.1) is 0 Å². The number of ether oxygens (including phenoxy) is 1. The largest absolute Gasteiger partial charge is 0.507 e. The van der Waals surface area contributed by atoms with Gasteiger partial charge in [0.15, 0.2) is 0 Å². The van der Waals surface area contributed by atoms with Gasteiger partial charge in [0.2, 0.25) is 0 Å². The summed E-state index contributed by atoms with van der Waals surface area (Å²) in [5.41, 5.74) is 0.961. The summed E-state index contributed by atoms with van der Waals surface area (Å²) >= 11 is 5.92. The van der Waals surface area contributed by atoms with Crippen LogP contribution in [0.25, 0.3) is 5.76 Å². The van der Waals surface area contributed by atoms with E-state index in [-0.39, 0.29) is 22.0 Å². The molecule has 1 fully saturated rings. The van der Waals surface area contributed by atoms with Gasteiger partial charge in [0.25, 0.3) is 11.7 Å². The number of carbonyl (C=O) groups excluding carboxylic acids is 2. The first-order chi connectivity index (χ1) is 15.4. The van der Waals surface area contributed by atoms with E-state index in [1.807, 2.05) is 6.92 Å². The van der Waals surface area contributed by atoms with E-state index in [1.165, 1.54) is 23.2 Å². The molecule has 2 heterocycles. The van der Waals surface area contributed by atoms with Gasteiger partial charge in [-0.05, 0) is 61.0 Å². The van der Waals surface area contributed by atoms with Gasteiger partial charge in [-0.1, -0.05) is 17.7 Å². The topological polar surface area (TPSA) is 79.7 Å². The molecule has 1 amide bonds. The first kappa shape index (κ1) is 21.5. The number of pyridine rings is 1. The molecular formula is C24H18ClFN2O4. The van der Waals surface area contributed by atoms with Crippen molar-refractivity contribution in [2.45, 2.75) is 13.0 Å². The highest BCUT2D eigenvalue weighted by molar-refractivity contribution is 6.51. The Labute approximate surface area is 188 Å². The number of hydrogen-bond donors (Lipinski definition) is 1. The monoisotopic (exact) mass is 452 g/mol. The Kier molecular flexibility index (Phi) is 5.92. The highest BCUT2D eigenvalue weighted by Crippen LogP contribution is 2.42. The van der Waals surface area contributed by atoms with Gasteiger partial charge in [0, 0.05) is 23.6 Å². The fraction of sp³-hybridized carbons (Fsp3) is 0.125. The molecule has 3 aromatic rings. The average molecular weight is 453 g/mol. The van der Waals surface area contributed by atoms with E-state index in [2.05, 4.69) is 4.98 Å². The van der Waals surface area contributed by atoms with Gasteiger partial charge in [-0.2, -0.15) is 0 Å². The number of hydrogen-bond acceptors (Lipinski definition) is 5. The molecule has 162 valence electrons. The number of halogens is 2. The molecular weight excluding hydrogens is 435 g/mol. The van der Waals surface area contributed by atoms with E-state index < -0.39 is 23.5 Å². The summed E-state index contributed by atoms with van der Waals surface area (Å²) < 4.78 is 19.1. The zero-order valence-corrected chi connectivity index (χ0v) is 17.7. The van der Waals surface area contributed by atoms with Crippen molar-refractivity contribution in [1.29, 1.82) is 0 Å². The summed E-state index contributed by atoms with van der Waals surface area (Å²) in [4.78, 5) is 31.3. The van der Waals surface area contributed by atoms with Crippen LogP contribution >= 0.6 is 11.6 Å². The Balaban J connectivity index is 1.88. The van der Waals surface area contributed by atoms with E-state index in [0.29, 0.717) is 23.5 Å². The summed E-state index contributed by atoms with van der Waals surface area (Å²) in [6, 6.07) is 12.6. The third kappa shape index (κ3) is 3.83. The summed E-state index contributed by atoms with van der Waals surface area (Å²) in [6.45, 7) is 2.34. The molecule has 0 aliphatic carbocycles. The number of anilines is 1. The molecule has 1 unspecified atom stereocenters. The molecule has 6 nitrogen and oxygen atoms in total. The number of aliphatic hydroxyl groups is 1. The van der Waals surface area contributed by atoms with Crippen molar-refractivity contribution in [2.24, 2.45) is 0 Å². The van der Waals surface area contributed by atoms with Crippen molar-refractivity contribution in [3.8, 4) is 5.75 Å². The lowest BCUT2D eigenvalue weighted by Crippen LogP contribution is -2.29. The first-order valence-corrected chi connectivity index (χ1v) is 10.2. The molecule has 0 radical (unpaired) electrons. The lowest BCUT2D eigenvalue weighted by Gasteiger charge is -2.25. The zero-order chi connectivity index (χ0) is 22.8. The van der Waals surface area contributed by atoms with Gasteiger partial charge in [-0.25, -0.2) is 4.39 Å². The molecule has 0 spiro atoms. The van der Waals surface area contributed by atoms with Crippen LogP contribution in [0.15, 0.2) is 72.6 Å². The maximum absolute atomic E-state index is 13.7. The summed E-state index contributed by atoms with van der Waals surface area (Å²) in [5.74, 6) is -2.12. The molecule has 0 saturated carbocycles. The predicted octanol–water partition coefficient (Wildman–Crippen LogP) is 4.90. The Morgan fingerprint density at radius 3 is 2.56 bits per heavy atom. The minimum absolute atomic E-state index is 0.104. The van der Waals surface area contributed by atoms with E-state index >= 15 is 0 Å². The SMILES string of the molecule is CCOc1ccc(/C(O)=C2\C(=O)C(=O)N(c3ccc(F)c(Cl)c3)C2c2cccnc2)cc1. The van der Waals surface area contributed by atoms with Gasteiger partial charge in [-0.3, -0.25) is 19.5 Å². The second-order valence-corrected chi connectivity index (χ2v) is 7.42. The number of aromatic nitrogens is 1. The first-order valence-electron chi connectivity index (χ1n) is 9.81. The van der Waals surface area contributed by atoms with Crippen molar-refractivity contribution in [1.82, 2.24) is 4.98 Å². The summed E-state index contributed by atoms with van der Waals surface area (Å²) in [6.07, 6.45) is 3.05. The molecule has 1 atom stereocenters. The Morgan fingerprint density at radius 2 is 1.94 bits per heavy atom. The van der Waals surface area contributed by atoms with Gasteiger partial charge < -0.3 is 9.84 Å². The van der Waals surface area contributed by atoms with Crippen LogP contribution in [0.5, 0.6) is 5.75 Å². The van der Waals surface area contributed by atoms with Crippen LogP contribution < -0.4 is 9.64 Å². The van der Waals surface area contributed by atoms with Crippen molar-refractivity contribution in [2.75, 3.05) is 11.5 Å². The number of benzene rings is 2. The highest BCUT2D eigenvalue weighted by Gasteiger charge is 2.47. The van der Waals surface area contributed by atoms with E-state index in [9.17, 15) is 19.1 Å². The van der Waals surface area contributed by atoms with Gasteiger partial charge >= 0.3 is 0 Å². The van der Waals surface area contributed by atoms with Crippen LogP contribution in [-0.4, -0.2) is 28.4 Å². The Hall–Kier alpha value is -3.71. The van der Waals surface area contributed by atoms with E-state index in [4.69, 9.17) is 16.3 Å². The van der Waals surface area contributed by atoms with Gasteiger partial charge in [0.05, 0.1) is 23.2 Å². The van der Waals surface area contributed by atoms with Crippen molar-refractivity contribution >= 4 is 34.7 Å². The predicted molar refractivity (Wildman–Crippen MR) is 118 cm³/mol. The van der Waals surface area contributed by atoms with Crippen molar-refractivity contribution < 1.29 is 23.8 Å². The number of rotatable bonds is 5. The highest BCUT2D eigenvalue weighted by atomic mass is 35.5. The smallest absolute Gasteiger partial charge is 0.300 e. The van der Waals surface area contributed by atoms with Crippen LogP contribution in [0.1, 0.15) is 24.1 Å². The van der Waals surface area contributed by atoms with Crippen LogP contribution in [0.4, 0.5) is 10.1 Å². The molecule has 4 rings (SSSR count). The number of nitrogens with zero attached hydrogens (tertiary/aromatic N) is 2. The minimum atomic E-state index is -0.975. The number of Topliss-reactive ketones (excluding diaryl/α,β-unsaturated/α-hetero) is 1. The molecule has 1 saturated heterocycles. The average Bonchev–Trinajstić information content (AvgIpc) is 3.07.